The summed E-state index contributed by atoms with van der Waals surface area (Å²) in [7, 11) is 0. The molecule has 1 atom stereocenters. The first-order valence-corrected chi connectivity index (χ1v) is 8.57. The van der Waals surface area contributed by atoms with Crippen LogP contribution in [0.15, 0.2) is 59.4 Å². The average Bonchev–Trinajstić information content (AvgIpc) is 3.00. The summed E-state index contributed by atoms with van der Waals surface area (Å²) < 4.78 is 0. The van der Waals surface area contributed by atoms with Crippen molar-refractivity contribution in [2.75, 3.05) is 5.32 Å². The van der Waals surface area contributed by atoms with Crippen molar-refractivity contribution in [3.63, 3.8) is 0 Å². The second-order valence-electron chi connectivity index (χ2n) is 6.78. The lowest BCUT2D eigenvalue weighted by Gasteiger charge is -2.46. The van der Waals surface area contributed by atoms with Crippen molar-refractivity contribution in [3.05, 3.63) is 54.4 Å². The summed E-state index contributed by atoms with van der Waals surface area (Å²) in [4.78, 5) is 4.64. The zero-order valence-electron chi connectivity index (χ0n) is 13.7. The number of nitrogens with two attached hydrogens (primary N) is 2. The van der Waals surface area contributed by atoms with E-state index < -0.39 is 5.66 Å². The molecule has 0 amide bonds. The molecule has 4 rings (SSSR count). The fourth-order valence-electron chi connectivity index (χ4n) is 3.74. The SMILES string of the molecule is NC1CCC(C2(N)C=CC=C3N=C(Nc4ccccc4)NN32)CC1. The average molecular weight is 324 g/mol. The van der Waals surface area contributed by atoms with Crippen LogP contribution in [0.25, 0.3) is 0 Å². The Kier molecular flexibility index (Phi) is 3.78. The van der Waals surface area contributed by atoms with Gasteiger partial charge in [-0.05, 0) is 50.0 Å². The highest BCUT2D eigenvalue weighted by atomic mass is 15.7. The number of allylic oxidation sites excluding steroid dienone is 2. The lowest BCUT2D eigenvalue weighted by Crippen LogP contribution is -2.64. The Morgan fingerprint density at radius 2 is 1.92 bits per heavy atom. The first kappa shape index (κ1) is 15.2. The molecule has 3 aliphatic rings. The molecule has 2 heterocycles. The van der Waals surface area contributed by atoms with Gasteiger partial charge in [-0.15, -0.1) is 0 Å². The van der Waals surface area contributed by atoms with Gasteiger partial charge in [-0.25, -0.2) is 5.01 Å². The molecule has 1 aromatic rings. The van der Waals surface area contributed by atoms with Crippen LogP contribution in [0.4, 0.5) is 5.69 Å². The quantitative estimate of drug-likeness (QED) is 0.666. The van der Waals surface area contributed by atoms with E-state index in [1.165, 1.54) is 0 Å². The van der Waals surface area contributed by atoms with E-state index in [0.717, 1.165) is 37.2 Å². The van der Waals surface area contributed by atoms with Crippen LogP contribution in [0.5, 0.6) is 0 Å². The lowest BCUT2D eigenvalue weighted by atomic mass is 9.77. The molecule has 0 bridgehead atoms. The van der Waals surface area contributed by atoms with Gasteiger partial charge in [0.15, 0.2) is 5.82 Å². The predicted molar refractivity (Wildman–Crippen MR) is 96.5 cm³/mol. The van der Waals surface area contributed by atoms with E-state index in [0.29, 0.717) is 17.9 Å². The predicted octanol–water partition coefficient (Wildman–Crippen LogP) is 1.86. The lowest BCUT2D eigenvalue weighted by molar-refractivity contribution is 0.0669. The van der Waals surface area contributed by atoms with Crippen molar-refractivity contribution in [1.29, 1.82) is 0 Å². The number of aliphatic imine (C=N–C) groups is 1. The van der Waals surface area contributed by atoms with Crippen LogP contribution >= 0.6 is 0 Å². The molecule has 0 aromatic heterocycles. The molecule has 1 unspecified atom stereocenters. The third-order valence-electron chi connectivity index (χ3n) is 5.13. The molecule has 1 aromatic carbocycles. The Morgan fingerprint density at radius 3 is 2.67 bits per heavy atom. The maximum Gasteiger partial charge on any atom is 0.221 e. The number of hydrogen-bond donors (Lipinski definition) is 4. The fourth-order valence-corrected chi connectivity index (χ4v) is 3.74. The van der Waals surface area contributed by atoms with E-state index >= 15 is 0 Å². The zero-order chi connectivity index (χ0) is 16.6. The van der Waals surface area contributed by atoms with Gasteiger partial charge in [0.1, 0.15) is 5.66 Å². The molecule has 0 saturated heterocycles. The monoisotopic (exact) mass is 324 g/mol. The number of para-hydroxylation sites is 1. The highest BCUT2D eigenvalue weighted by Gasteiger charge is 2.44. The third-order valence-corrected chi connectivity index (χ3v) is 5.13. The van der Waals surface area contributed by atoms with Gasteiger partial charge in [0, 0.05) is 17.6 Å². The molecule has 0 spiro atoms. The van der Waals surface area contributed by atoms with Crippen molar-refractivity contribution in [2.24, 2.45) is 22.4 Å². The third kappa shape index (κ3) is 2.68. The molecule has 24 heavy (non-hydrogen) atoms. The molecule has 6 heteroatoms. The molecule has 6 N–H and O–H groups in total. The van der Waals surface area contributed by atoms with E-state index in [9.17, 15) is 0 Å². The maximum atomic E-state index is 6.81. The van der Waals surface area contributed by atoms with E-state index in [4.69, 9.17) is 11.5 Å². The minimum absolute atomic E-state index is 0.311. The van der Waals surface area contributed by atoms with Crippen molar-refractivity contribution in [2.45, 2.75) is 37.4 Å². The first-order valence-electron chi connectivity index (χ1n) is 8.57. The minimum Gasteiger partial charge on any atom is -0.328 e. The van der Waals surface area contributed by atoms with Crippen LogP contribution in [-0.4, -0.2) is 22.7 Å². The molecular formula is C18H24N6. The van der Waals surface area contributed by atoms with E-state index in [2.05, 4.69) is 21.8 Å². The number of nitrogens with zero attached hydrogens (tertiary/aromatic N) is 2. The summed E-state index contributed by atoms with van der Waals surface area (Å²) in [5.41, 5.74) is 16.6. The van der Waals surface area contributed by atoms with Crippen LogP contribution in [-0.2, 0) is 0 Å². The van der Waals surface area contributed by atoms with Gasteiger partial charge in [-0.1, -0.05) is 24.3 Å². The van der Waals surface area contributed by atoms with E-state index in [-0.39, 0.29) is 0 Å². The smallest absolute Gasteiger partial charge is 0.221 e. The van der Waals surface area contributed by atoms with E-state index in [1.807, 2.05) is 47.5 Å². The molecular weight excluding hydrogens is 300 g/mol. The number of fused-ring (bicyclic) bond motifs is 1. The van der Waals surface area contributed by atoms with Gasteiger partial charge < -0.3 is 16.8 Å². The summed E-state index contributed by atoms with van der Waals surface area (Å²) in [5.74, 6) is 1.89. The summed E-state index contributed by atoms with van der Waals surface area (Å²) >= 11 is 0. The Balaban J connectivity index is 1.52. The van der Waals surface area contributed by atoms with Crippen LogP contribution in [0, 0.1) is 5.92 Å². The Bertz CT molecular complexity index is 687. The molecule has 126 valence electrons. The van der Waals surface area contributed by atoms with Gasteiger partial charge in [-0.3, -0.25) is 5.43 Å². The standard InChI is InChI=1S/C18H24N6/c19-14-10-8-13(9-11-14)18(20)12-4-7-16-22-17(23-24(16)18)21-15-5-2-1-3-6-15/h1-7,12-14H,8-11,19-20H2,(H2,21,22,23). The molecule has 1 saturated carbocycles. The molecule has 2 aliphatic heterocycles. The molecule has 1 fully saturated rings. The number of hydrazine groups is 1. The second-order valence-corrected chi connectivity index (χ2v) is 6.78. The van der Waals surface area contributed by atoms with Crippen LogP contribution in [0.2, 0.25) is 0 Å². The van der Waals surface area contributed by atoms with Crippen molar-refractivity contribution in [3.8, 4) is 0 Å². The van der Waals surface area contributed by atoms with Crippen LogP contribution in [0.3, 0.4) is 0 Å². The van der Waals surface area contributed by atoms with E-state index in [1.54, 1.807) is 0 Å². The Labute approximate surface area is 142 Å². The summed E-state index contributed by atoms with van der Waals surface area (Å²) in [6.45, 7) is 0. The minimum atomic E-state index is -0.576. The molecule has 6 nitrogen and oxygen atoms in total. The first-order chi connectivity index (χ1) is 11.6. The number of anilines is 1. The zero-order valence-corrected chi connectivity index (χ0v) is 13.7. The highest BCUT2D eigenvalue weighted by Crippen LogP contribution is 2.37. The van der Waals surface area contributed by atoms with Gasteiger partial charge in [-0.2, -0.15) is 4.99 Å². The highest BCUT2D eigenvalue weighted by molar-refractivity contribution is 5.95. The number of benzene rings is 1. The van der Waals surface area contributed by atoms with Gasteiger partial charge in [0.05, 0.1) is 0 Å². The fraction of sp³-hybridized carbons (Fsp3) is 0.389. The second kappa shape index (κ2) is 5.96. The molecule has 1 aliphatic carbocycles. The van der Waals surface area contributed by atoms with Gasteiger partial charge in [0.2, 0.25) is 5.96 Å². The molecule has 0 radical (unpaired) electrons. The largest absolute Gasteiger partial charge is 0.328 e. The van der Waals surface area contributed by atoms with Crippen LogP contribution < -0.4 is 22.2 Å². The van der Waals surface area contributed by atoms with Crippen molar-refractivity contribution < 1.29 is 0 Å². The van der Waals surface area contributed by atoms with Gasteiger partial charge >= 0.3 is 0 Å². The van der Waals surface area contributed by atoms with Crippen LogP contribution in [0.1, 0.15) is 25.7 Å². The number of hydrogen-bond acceptors (Lipinski definition) is 6. The summed E-state index contributed by atoms with van der Waals surface area (Å²) in [5, 5.41) is 5.28. The number of nitrogens with one attached hydrogen (secondary N) is 2. The van der Waals surface area contributed by atoms with Crippen molar-refractivity contribution >= 4 is 11.6 Å². The van der Waals surface area contributed by atoms with Crippen molar-refractivity contribution in [1.82, 2.24) is 10.4 Å². The number of rotatable bonds is 2. The maximum absolute atomic E-state index is 6.81. The Morgan fingerprint density at radius 1 is 1.17 bits per heavy atom. The normalized spacial score (nSPS) is 31.8. The topological polar surface area (TPSA) is 91.7 Å². The summed E-state index contributed by atoms with van der Waals surface area (Å²) in [6.07, 6.45) is 10.2. The number of guanidine groups is 1. The van der Waals surface area contributed by atoms with Gasteiger partial charge in [0.25, 0.3) is 0 Å². The summed E-state index contributed by atoms with van der Waals surface area (Å²) in [6, 6.07) is 10.3. The Hall–Kier alpha value is -2.31.